The lowest BCUT2D eigenvalue weighted by Crippen LogP contribution is -2.29. The minimum absolute atomic E-state index is 0.391. The standard InChI is InChI=1S/3C5H9.Al/c3*1-2-4-5-3-1;/h3*1H,2-5H2;. The van der Waals surface area contributed by atoms with Gasteiger partial charge in [-0.25, -0.2) is 0 Å². The number of hydrogen-bond acceptors (Lipinski definition) is 0. The van der Waals surface area contributed by atoms with Crippen molar-refractivity contribution in [1.82, 2.24) is 0 Å². The van der Waals surface area contributed by atoms with Gasteiger partial charge in [0.15, 0.2) is 0 Å². The van der Waals surface area contributed by atoms with Crippen molar-refractivity contribution in [3.8, 4) is 0 Å². The zero-order chi connectivity index (χ0) is 10.8. The summed E-state index contributed by atoms with van der Waals surface area (Å²) in [7, 11) is 0. The van der Waals surface area contributed by atoms with Gasteiger partial charge in [-0.05, 0) is 0 Å². The molecule has 0 nitrogen and oxygen atoms in total. The molecule has 3 aliphatic rings. The van der Waals surface area contributed by atoms with E-state index in [1.807, 2.05) is 0 Å². The highest BCUT2D eigenvalue weighted by Gasteiger charge is 2.43. The van der Waals surface area contributed by atoms with Gasteiger partial charge in [0.2, 0.25) is 0 Å². The first-order chi connectivity index (χ1) is 7.95. The molecule has 0 amide bonds. The Balaban J connectivity index is 1.70. The molecule has 0 aliphatic heterocycles. The number of hydrogen-bond donors (Lipinski definition) is 0. The van der Waals surface area contributed by atoms with Crippen LogP contribution in [0.4, 0.5) is 0 Å². The van der Waals surface area contributed by atoms with Crippen LogP contribution in [0.15, 0.2) is 0 Å². The van der Waals surface area contributed by atoms with Crippen LogP contribution in [0.2, 0.25) is 14.3 Å². The van der Waals surface area contributed by atoms with E-state index in [2.05, 4.69) is 0 Å². The minimum Gasteiger partial charge on any atom is -0.0817 e. The first-order valence-electron chi connectivity index (χ1n) is 7.95. The van der Waals surface area contributed by atoms with Crippen LogP contribution < -0.4 is 0 Å². The maximum absolute atomic E-state index is 1.64. The van der Waals surface area contributed by atoms with Gasteiger partial charge in [0.1, 0.15) is 0 Å². The normalized spacial score (nSPS) is 29.2. The summed E-state index contributed by atoms with van der Waals surface area (Å²) in [4.78, 5) is 0. The first kappa shape index (κ1) is 11.6. The van der Waals surface area contributed by atoms with Gasteiger partial charge in [-0.1, -0.05) is 91.4 Å². The molecule has 0 heterocycles. The Morgan fingerprint density at radius 1 is 0.438 bits per heavy atom. The Labute approximate surface area is 106 Å². The third-order valence-corrected chi connectivity index (χ3v) is 11.1. The molecule has 3 aliphatic carbocycles. The molecule has 0 aromatic rings. The lowest BCUT2D eigenvalue weighted by Gasteiger charge is -2.29. The molecule has 0 radical (unpaired) electrons. The van der Waals surface area contributed by atoms with E-state index < -0.39 is 14.1 Å². The Morgan fingerprint density at radius 2 is 0.688 bits per heavy atom. The monoisotopic (exact) mass is 234 g/mol. The van der Waals surface area contributed by atoms with E-state index in [1.165, 1.54) is 14.3 Å². The summed E-state index contributed by atoms with van der Waals surface area (Å²) in [5, 5.41) is 0. The Hall–Kier alpha value is 0.532. The summed E-state index contributed by atoms with van der Waals surface area (Å²) < 4.78 is 3.85. The molecule has 0 saturated heterocycles. The summed E-state index contributed by atoms with van der Waals surface area (Å²) in [6.45, 7) is 0. The van der Waals surface area contributed by atoms with Crippen LogP contribution in [0.1, 0.15) is 77.0 Å². The van der Waals surface area contributed by atoms with Crippen LogP contribution in [0, 0.1) is 0 Å². The highest BCUT2D eigenvalue weighted by atomic mass is 27.2. The smallest absolute Gasteiger partial charge is 0.0817 e. The van der Waals surface area contributed by atoms with Gasteiger partial charge in [-0.3, -0.25) is 0 Å². The third-order valence-electron chi connectivity index (χ3n) is 5.83. The second kappa shape index (κ2) is 5.45. The van der Waals surface area contributed by atoms with Crippen LogP contribution in [0.25, 0.3) is 0 Å². The van der Waals surface area contributed by atoms with Gasteiger partial charge in [0, 0.05) is 0 Å². The second-order valence-electron chi connectivity index (χ2n) is 6.71. The molecular weight excluding hydrogens is 207 g/mol. The fraction of sp³-hybridized carbons (Fsp3) is 1.00. The minimum atomic E-state index is -0.391. The molecule has 0 N–H and O–H groups in total. The zero-order valence-electron chi connectivity index (χ0n) is 10.8. The van der Waals surface area contributed by atoms with E-state index in [0.29, 0.717) is 0 Å². The molecule has 1 heteroatoms. The molecule has 3 saturated carbocycles. The molecule has 90 valence electrons. The van der Waals surface area contributed by atoms with Crippen molar-refractivity contribution >= 4 is 14.1 Å². The summed E-state index contributed by atoms with van der Waals surface area (Å²) in [6, 6.07) is 0. The maximum Gasteiger partial charge on any atom is 0.272 e. The summed E-state index contributed by atoms with van der Waals surface area (Å²) in [6.07, 6.45) is 19.3. The van der Waals surface area contributed by atoms with Crippen LogP contribution in [-0.4, -0.2) is 14.1 Å². The largest absolute Gasteiger partial charge is 0.272 e. The van der Waals surface area contributed by atoms with E-state index in [4.69, 9.17) is 0 Å². The van der Waals surface area contributed by atoms with Crippen molar-refractivity contribution in [3.63, 3.8) is 0 Å². The fourth-order valence-corrected chi connectivity index (χ4v) is 11.2. The molecule has 16 heavy (non-hydrogen) atoms. The topological polar surface area (TPSA) is 0 Å². The lowest BCUT2D eigenvalue weighted by atomic mass is 10.3. The fourth-order valence-electron chi connectivity index (χ4n) is 5.18. The van der Waals surface area contributed by atoms with Crippen LogP contribution >= 0.6 is 0 Å². The molecular formula is C15H27Al. The average molecular weight is 234 g/mol. The van der Waals surface area contributed by atoms with Crippen molar-refractivity contribution in [3.05, 3.63) is 0 Å². The van der Waals surface area contributed by atoms with Gasteiger partial charge in [-0.2, -0.15) is 0 Å². The molecule has 3 rings (SSSR count). The van der Waals surface area contributed by atoms with Gasteiger partial charge in [0.25, 0.3) is 14.1 Å². The molecule has 0 bridgehead atoms. The highest BCUT2D eigenvalue weighted by molar-refractivity contribution is 6.63. The van der Waals surface area contributed by atoms with Crippen LogP contribution in [0.3, 0.4) is 0 Å². The Morgan fingerprint density at radius 3 is 0.938 bits per heavy atom. The maximum atomic E-state index is 1.64. The van der Waals surface area contributed by atoms with Crippen molar-refractivity contribution < 1.29 is 0 Å². The van der Waals surface area contributed by atoms with Gasteiger partial charge in [0.05, 0.1) is 0 Å². The number of rotatable bonds is 3. The van der Waals surface area contributed by atoms with E-state index in [0.717, 1.165) is 0 Å². The summed E-state index contributed by atoms with van der Waals surface area (Å²) in [5.41, 5.74) is 0. The van der Waals surface area contributed by atoms with Gasteiger partial charge in [-0.15, -0.1) is 0 Å². The van der Waals surface area contributed by atoms with E-state index in [1.54, 1.807) is 77.0 Å². The van der Waals surface area contributed by atoms with Crippen molar-refractivity contribution in [2.75, 3.05) is 0 Å². The third kappa shape index (κ3) is 2.37. The first-order valence-corrected chi connectivity index (χ1v) is 9.95. The molecule has 0 atom stereocenters. The van der Waals surface area contributed by atoms with Crippen LogP contribution in [-0.2, 0) is 0 Å². The van der Waals surface area contributed by atoms with Gasteiger partial charge >= 0.3 is 0 Å². The quantitative estimate of drug-likeness (QED) is 0.580. The molecule has 3 fully saturated rings. The van der Waals surface area contributed by atoms with Crippen molar-refractivity contribution in [2.24, 2.45) is 0 Å². The zero-order valence-corrected chi connectivity index (χ0v) is 11.9. The predicted molar refractivity (Wildman–Crippen MR) is 72.4 cm³/mol. The molecule has 0 spiro atoms. The summed E-state index contributed by atoms with van der Waals surface area (Å²) >= 11 is -0.391. The lowest BCUT2D eigenvalue weighted by molar-refractivity contribution is 0.709. The molecule has 0 unspecified atom stereocenters. The summed E-state index contributed by atoms with van der Waals surface area (Å²) in [5.74, 6) is 0. The van der Waals surface area contributed by atoms with Crippen molar-refractivity contribution in [1.29, 1.82) is 0 Å². The average Bonchev–Trinajstić information content (AvgIpc) is 3.02. The van der Waals surface area contributed by atoms with Crippen LogP contribution in [0.5, 0.6) is 0 Å². The van der Waals surface area contributed by atoms with E-state index in [-0.39, 0.29) is 0 Å². The SMILES string of the molecule is C1CC[CH]([Al]([CH]2CCCC2)[CH]2CCCC2)C1. The second-order valence-corrected chi connectivity index (χ2v) is 10.7. The Bertz CT molecular complexity index is 169. The van der Waals surface area contributed by atoms with Gasteiger partial charge < -0.3 is 0 Å². The van der Waals surface area contributed by atoms with Crippen molar-refractivity contribution in [2.45, 2.75) is 91.4 Å². The van der Waals surface area contributed by atoms with E-state index >= 15 is 0 Å². The van der Waals surface area contributed by atoms with E-state index in [9.17, 15) is 0 Å². The Kier molecular flexibility index (Phi) is 3.96. The molecule has 0 aromatic heterocycles. The predicted octanol–water partition coefficient (Wildman–Crippen LogP) is 5.31. The molecule has 0 aromatic carbocycles. The highest BCUT2D eigenvalue weighted by Crippen LogP contribution is 2.51.